The summed E-state index contributed by atoms with van der Waals surface area (Å²) in [4.78, 5) is 8.57. The van der Waals surface area contributed by atoms with Crippen molar-refractivity contribution in [1.29, 1.82) is 0 Å². The Kier molecular flexibility index (Phi) is 8.81. The van der Waals surface area contributed by atoms with E-state index in [1.54, 1.807) is 31.5 Å². The van der Waals surface area contributed by atoms with Gasteiger partial charge in [0.05, 0.1) is 13.2 Å². The van der Waals surface area contributed by atoms with Gasteiger partial charge in [0.25, 0.3) is 0 Å². The van der Waals surface area contributed by atoms with E-state index in [1.165, 1.54) is 12.1 Å². The molecule has 6 nitrogen and oxygen atoms in total. The molecule has 3 N–H and O–H groups in total. The number of halogens is 2. The SMILES string of the molecule is COCc1ccccc1NC(N)=NCc1ccc(Oc2ccc(F)cc2)nc1.I. The van der Waals surface area contributed by atoms with Gasteiger partial charge in [0.1, 0.15) is 11.6 Å². The van der Waals surface area contributed by atoms with E-state index >= 15 is 0 Å². The molecule has 1 aromatic heterocycles. The third-order valence-electron chi connectivity index (χ3n) is 3.85. The Morgan fingerprint density at radius 3 is 2.55 bits per heavy atom. The highest BCUT2D eigenvalue weighted by molar-refractivity contribution is 14.0. The Labute approximate surface area is 186 Å². The zero-order chi connectivity index (χ0) is 19.8. The number of hydrogen-bond donors (Lipinski definition) is 2. The topological polar surface area (TPSA) is 81.8 Å². The summed E-state index contributed by atoms with van der Waals surface area (Å²) in [5.41, 5.74) is 8.71. The fraction of sp³-hybridized carbons (Fsp3) is 0.143. The molecule has 0 fully saturated rings. The van der Waals surface area contributed by atoms with Crippen LogP contribution < -0.4 is 15.8 Å². The van der Waals surface area contributed by atoms with E-state index in [2.05, 4.69) is 15.3 Å². The fourth-order valence-electron chi connectivity index (χ4n) is 2.47. The van der Waals surface area contributed by atoms with Crippen LogP contribution in [0.1, 0.15) is 11.1 Å². The molecule has 0 bridgehead atoms. The summed E-state index contributed by atoms with van der Waals surface area (Å²) in [6.45, 7) is 0.852. The summed E-state index contributed by atoms with van der Waals surface area (Å²) < 4.78 is 23.7. The molecule has 8 heteroatoms. The quantitative estimate of drug-likeness (QED) is 0.275. The second-order valence-electron chi connectivity index (χ2n) is 5.98. The van der Waals surface area contributed by atoms with E-state index in [0.717, 1.165) is 16.8 Å². The van der Waals surface area contributed by atoms with Crippen molar-refractivity contribution in [1.82, 2.24) is 4.98 Å². The predicted octanol–water partition coefficient (Wildman–Crippen LogP) is 4.70. The zero-order valence-corrected chi connectivity index (χ0v) is 18.2. The van der Waals surface area contributed by atoms with Crippen LogP contribution >= 0.6 is 24.0 Å². The molecule has 0 radical (unpaired) electrons. The van der Waals surface area contributed by atoms with Crippen molar-refractivity contribution < 1.29 is 13.9 Å². The highest BCUT2D eigenvalue weighted by Gasteiger charge is 2.03. The first-order valence-corrected chi connectivity index (χ1v) is 8.66. The minimum Gasteiger partial charge on any atom is -0.439 e. The third kappa shape index (κ3) is 6.99. The Morgan fingerprint density at radius 1 is 1.10 bits per heavy atom. The highest BCUT2D eigenvalue weighted by atomic mass is 127. The number of nitrogens with two attached hydrogens (primary N) is 1. The molecule has 0 aliphatic rings. The molecule has 0 saturated heterocycles. The van der Waals surface area contributed by atoms with Gasteiger partial charge in [0.2, 0.25) is 5.88 Å². The molecule has 29 heavy (non-hydrogen) atoms. The van der Waals surface area contributed by atoms with Gasteiger partial charge in [-0.15, -0.1) is 24.0 Å². The van der Waals surface area contributed by atoms with Crippen molar-refractivity contribution in [2.45, 2.75) is 13.2 Å². The van der Waals surface area contributed by atoms with Crippen LogP contribution in [-0.4, -0.2) is 18.1 Å². The highest BCUT2D eigenvalue weighted by Crippen LogP contribution is 2.20. The molecule has 2 aromatic carbocycles. The van der Waals surface area contributed by atoms with Crippen molar-refractivity contribution in [3.8, 4) is 11.6 Å². The number of hydrogen-bond acceptors (Lipinski definition) is 4. The number of anilines is 1. The third-order valence-corrected chi connectivity index (χ3v) is 3.85. The second-order valence-corrected chi connectivity index (χ2v) is 5.98. The van der Waals surface area contributed by atoms with E-state index in [4.69, 9.17) is 15.2 Å². The van der Waals surface area contributed by atoms with Crippen LogP contribution in [-0.2, 0) is 17.9 Å². The number of aromatic nitrogens is 1. The first-order valence-electron chi connectivity index (χ1n) is 8.66. The van der Waals surface area contributed by atoms with Gasteiger partial charge in [-0.25, -0.2) is 14.4 Å². The van der Waals surface area contributed by atoms with E-state index in [0.29, 0.717) is 30.7 Å². The van der Waals surface area contributed by atoms with Crippen LogP contribution in [0.4, 0.5) is 10.1 Å². The summed E-state index contributed by atoms with van der Waals surface area (Å²) in [6, 6.07) is 17.1. The molecule has 0 spiro atoms. The normalized spacial score (nSPS) is 10.9. The summed E-state index contributed by atoms with van der Waals surface area (Å²) in [6.07, 6.45) is 1.66. The lowest BCUT2D eigenvalue weighted by molar-refractivity contribution is 0.185. The maximum Gasteiger partial charge on any atom is 0.219 e. The first kappa shape index (κ1) is 22.6. The lowest BCUT2D eigenvalue weighted by atomic mass is 10.2. The van der Waals surface area contributed by atoms with Gasteiger partial charge in [-0.3, -0.25) is 0 Å². The van der Waals surface area contributed by atoms with Gasteiger partial charge in [-0.05, 0) is 35.9 Å². The van der Waals surface area contributed by atoms with Crippen LogP contribution in [0.5, 0.6) is 11.6 Å². The van der Waals surface area contributed by atoms with Gasteiger partial charge >= 0.3 is 0 Å². The zero-order valence-electron chi connectivity index (χ0n) is 15.8. The molecule has 0 aliphatic heterocycles. The lowest BCUT2D eigenvalue weighted by Gasteiger charge is -2.11. The first-order chi connectivity index (χ1) is 13.6. The second kappa shape index (κ2) is 11.3. The van der Waals surface area contributed by atoms with Gasteiger partial charge in [-0.1, -0.05) is 24.3 Å². The average molecular weight is 508 g/mol. The number of methoxy groups -OCH3 is 1. The summed E-state index contributed by atoms with van der Waals surface area (Å²) >= 11 is 0. The van der Waals surface area contributed by atoms with Gasteiger partial charge < -0.3 is 20.5 Å². The maximum atomic E-state index is 12.9. The number of aliphatic imine (C=N–C) groups is 1. The van der Waals surface area contributed by atoms with Gasteiger partial charge in [-0.2, -0.15) is 0 Å². The summed E-state index contributed by atoms with van der Waals surface area (Å²) in [7, 11) is 1.64. The number of pyridine rings is 1. The van der Waals surface area contributed by atoms with Crippen LogP contribution in [0, 0.1) is 5.82 Å². The van der Waals surface area contributed by atoms with Gasteiger partial charge in [0, 0.05) is 30.6 Å². The fourth-order valence-corrected chi connectivity index (χ4v) is 2.47. The maximum absolute atomic E-state index is 12.9. The molecule has 3 aromatic rings. The Balaban J connectivity index is 0.00000300. The predicted molar refractivity (Wildman–Crippen MR) is 122 cm³/mol. The smallest absolute Gasteiger partial charge is 0.219 e. The molecule has 1 heterocycles. The molecule has 0 unspecified atom stereocenters. The Bertz CT molecular complexity index is 934. The standard InChI is InChI=1S/C21H21FN4O2.HI/c1-27-14-16-4-2-3-5-19(16)26-21(23)25-13-15-6-11-20(24-12-15)28-18-9-7-17(22)8-10-18;/h2-12H,13-14H2,1H3,(H3,23,25,26);1H. The molecule has 0 saturated carbocycles. The Morgan fingerprint density at radius 2 is 1.86 bits per heavy atom. The number of nitrogens with zero attached hydrogens (tertiary/aromatic N) is 2. The van der Waals surface area contributed by atoms with E-state index in [1.807, 2.05) is 30.3 Å². The molecule has 0 amide bonds. The van der Waals surface area contributed by atoms with Crippen LogP contribution in [0.3, 0.4) is 0 Å². The lowest BCUT2D eigenvalue weighted by Crippen LogP contribution is -2.23. The largest absolute Gasteiger partial charge is 0.439 e. The van der Waals surface area contributed by atoms with Crippen molar-refractivity contribution in [3.63, 3.8) is 0 Å². The van der Waals surface area contributed by atoms with E-state index < -0.39 is 0 Å². The molecule has 3 rings (SSSR count). The molecule has 0 aliphatic carbocycles. The average Bonchev–Trinajstić information content (AvgIpc) is 2.71. The van der Waals surface area contributed by atoms with Crippen LogP contribution in [0.2, 0.25) is 0 Å². The molecule has 152 valence electrons. The Hall–Kier alpha value is -2.72. The number of benzene rings is 2. The van der Waals surface area contributed by atoms with E-state index in [-0.39, 0.29) is 29.8 Å². The number of rotatable bonds is 7. The summed E-state index contributed by atoms with van der Waals surface area (Å²) in [5, 5.41) is 3.09. The van der Waals surface area contributed by atoms with Crippen molar-refractivity contribution in [2.75, 3.05) is 12.4 Å². The molecule has 0 atom stereocenters. The van der Waals surface area contributed by atoms with Gasteiger partial charge in [0.15, 0.2) is 5.96 Å². The van der Waals surface area contributed by atoms with Crippen molar-refractivity contribution >= 4 is 35.6 Å². The van der Waals surface area contributed by atoms with Crippen LogP contribution in [0.25, 0.3) is 0 Å². The van der Waals surface area contributed by atoms with Crippen molar-refractivity contribution in [3.05, 3.63) is 83.8 Å². The number of ether oxygens (including phenoxy) is 2. The summed E-state index contributed by atoms with van der Waals surface area (Å²) in [5.74, 6) is 0.918. The van der Waals surface area contributed by atoms with Crippen LogP contribution in [0.15, 0.2) is 71.9 Å². The minimum absolute atomic E-state index is 0. The molecular weight excluding hydrogens is 486 g/mol. The minimum atomic E-state index is -0.315. The molecular formula is C21H22FIN4O2. The number of guanidine groups is 1. The monoisotopic (exact) mass is 508 g/mol. The number of para-hydroxylation sites is 1. The van der Waals surface area contributed by atoms with Crippen molar-refractivity contribution in [2.24, 2.45) is 10.7 Å². The van der Waals surface area contributed by atoms with E-state index in [9.17, 15) is 4.39 Å². The number of nitrogens with one attached hydrogen (secondary N) is 1.